The Labute approximate surface area is 101 Å². The van der Waals surface area contributed by atoms with Gasteiger partial charge in [-0.1, -0.05) is 13.8 Å². The van der Waals surface area contributed by atoms with E-state index in [4.69, 9.17) is 0 Å². The molecule has 0 atom stereocenters. The van der Waals surface area contributed by atoms with Crippen LogP contribution in [-0.2, 0) is 6.61 Å². The molecule has 0 unspecified atom stereocenters. The largest absolute Gasteiger partial charge is 0.392 e. The molecule has 4 heteroatoms. The molecule has 0 radical (unpaired) electrons. The van der Waals surface area contributed by atoms with Gasteiger partial charge in [-0.05, 0) is 25.0 Å². The highest BCUT2D eigenvalue weighted by atomic mass is 16.3. The molecule has 4 nitrogen and oxygen atoms in total. The van der Waals surface area contributed by atoms with Crippen LogP contribution in [0.25, 0.3) is 5.69 Å². The molecule has 1 N–H and O–H groups in total. The lowest BCUT2D eigenvalue weighted by Gasteiger charge is -2.08. The van der Waals surface area contributed by atoms with Crippen LogP contribution in [0.15, 0.2) is 24.5 Å². The topological polar surface area (TPSA) is 50.9 Å². The smallest absolute Gasteiger partial charge is 0.0734 e. The Morgan fingerprint density at radius 1 is 1.41 bits per heavy atom. The molecule has 0 aliphatic rings. The Kier molecular flexibility index (Phi) is 3.24. The summed E-state index contributed by atoms with van der Waals surface area (Å²) in [5.74, 6) is 0.400. The molecule has 2 aromatic heterocycles. The van der Waals surface area contributed by atoms with Gasteiger partial charge in [-0.2, -0.15) is 5.10 Å². The molecule has 0 saturated heterocycles. The average molecular weight is 231 g/mol. The number of aryl methyl sites for hydroxylation is 1. The minimum Gasteiger partial charge on any atom is -0.392 e. The fourth-order valence-electron chi connectivity index (χ4n) is 1.69. The molecule has 90 valence electrons. The number of hydrogen-bond acceptors (Lipinski definition) is 3. The van der Waals surface area contributed by atoms with E-state index in [0.29, 0.717) is 5.92 Å². The van der Waals surface area contributed by atoms with Crippen LogP contribution in [-0.4, -0.2) is 19.9 Å². The highest BCUT2D eigenvalue weighted by Gasteiger charge is 2.08. The number of pyridine rings is 1. The van der Waals surface area contributed by atoms with E-state index in [1.54, 1.807) is 10.9 Å². The predicted octanol–water partition coefficient (Wildman–Crippen LogP) is 2.19. The Balaban J connectivity index is 2.47. The second kappa shape index (κ2) is 4.67. The van der Waals surface area contributed by atoms with E-state index in [9.17, 15) is 5.11 Å². The maximum Gasteiger partial charge on any atom is 0.0734 e. The molecule has 0 aromatic carbocycles. The van der Waals surface area contributed by atoms with Crippen molar-refractivity contribution in [2.45, 2.75) is 33.3 Å². The molecule has 0 amide bonds. The van der Waals surface area contributed by atoms with Crippen molar-refractivity contribution < 1.29 is 5.11 Å². The molecule has 0 saturated carbocycles. The van der Waals surface area contributed by atoms with Gasteiger partial charge in [0.15, 0.2) is 0 Å². The van der Waals surface area contributed by atoms with E-state index < -0.39 is 0 Å². The quantitative estimate of drug-likeness (QED) is 0.881. The summed E-state index contributed by atoms with van der Waals surface area (Å²) in [4.78, 5) is 4.18. The monoisotopic (exact) mass is 231 g/mol. The zero-order valence-electron chi connectivity index (χ0n) is 10.4. The molecule has 17 heavy (non-hydrogen) atoms. The zero-order valence-corrected chi connectivity index (χ0v) is 10.4. The van der Waals surface area contributed by atoms with Crippen LogP contribution in [0.3, 0.4) is 0 Å². The van der Waals surface area contributed by atoms with E-state index in [0.717, 1.165) is 22.6 Å². The maximum atomic E-state index is 9.31. The van der Waals surface area contributed by atoms with E-state index in [1.165, 1.54) is 0 Å². The Hall–Kier alpha value is -1.68. The second-order valence-electron chi connectivity index (χ2n) is 4.45. The first-order valence-electron chi connectivity index (χ1n) is 5.74. The van der Waals surface area contributed by atoms with Crippen LogP contribution in [0.1, 0.15) is 36.7 Å². The summed E-state index contributed by atoms with van der Waals surface area (Å²) < 4.78 is 1.80. The second-order valence-corrected chi connectivity index (χ2v) is 4.45. The third-order valence-corrected chi connectivity index (χ3v) is 2.72. The highest BCUT2D eigenvalue weighted by Crippen LogP contribution is 2.17. The number of aliphatic hydroxyl groups is 1. The van der Waals surface area contributed by atoms with Crippen LogP contribution in [0.5, 0.6) is 0 Å². The zero-order chi connectivity index (χ0) is 12.4. The Morgan fingerprint density at radius 2 is 2.18 bits per heavy atom. The van der Waals surface area contributed by atoms with Crippen LogP contribution < -0.4 is 0 Å². The van der Waals surface area contributed by atoms with Gasteiger partial charge in [0.05, 0.1) is 18.0 Å². The van der Waals surface area contributed by atoms with Gasteiger partial charge in [0.2, 0.25) is 0 Å². The standard InChI is InChI=1S/C13H17N3O/c1-9(2)12-4-5-16(15-12)13-6-10(3)14-7-11(13)8-17/h4-7,9,17H,8H2,1-3H3. The van der Waals surface area contributed by atoms with Gasteiger partial charge in [-0.3, -0.25) is 4.98 Å². The van der Waals surface area contributed by atoms with Gasteiger partial charge in [-0.15, -0.1) is 0 Å². The molecular formula is C13H17N3O. The third-order valence-electron chi connectivity index (χ3n) is 2.72. The van der Waals surface area contributed by atoms with Crippen LogP contribution in [0, 0.1) is 6.92 Å². The lowest BCUT2D eigenvalue weighted by Crippen LogP contribution is -2.03. The van der Waals surface area contributed by atoms with E-state index in [-0.39, 0.29) is 6.61 Å². The van der Waals surface area contributed by atoms with Crippen molar-refractivity contribution in [3.8, 4) is 5.69 Å². The van der Waals surface area contributed by atoms with Gasteiger partial charge < -0.3 is 5.11 Å². The van der Waals surface area contributed by atoms with Crippen LogP contribution >= 0.6 is 0 Å². The van der Waals surface area contributed by atoms with Gasteiger partial charge in [0, 0.05) is 23.7 Å². The molecule has 2 rings (SSSR count). The number of nitrogens with zero attached hydrogens (tertiary/aromatic N) is 3. The van der Waals surface area contributed by atoms with Gasteiger partial charge in [0.1, 0.15) is 0 Å². The summed E-state index contributed by atoms with van der Waals surface area (Å²) in [5.41, 5.74) is 3.64. The average Bonchev–Trinajstić information content (AvgIpc) is 2.78. The normalized spacial score (nSPS) is 11.1. The van der Waals surface area contributed by atoms with Crippen molar-refractivity contribution in [2.75, 3.05) is 0 Å². The lowest BCUT2D eigenvalue weighted by molar-refractivity contribution is 0.281. The summed E-state index contributed by atoms with van der Waals surface area (Å²) >= 11 is 0. The lowest BCUT2D eigenvalue weighted by atomic mass is 10.1. The van der Waals surface area contributed by atoms with Crippen molar-refractivity contribution >= 4 is 0 Å². The van der Waals surface area contributed by atoms with E-state index >= 15 is 0 Å². The van der Waals surface area contributed by atoms with E-state index in [2.05, 4.69) is 23.9 Å². The molecule has 0 aliphatic heterocycles. The van der Waals surface area contributed by atoms with Crippen molar-refractivity contribution in [2.24, 2.45) is 0 Å². The van der Waals surface area contributed by atoms with Crippen molar-refractivity contribution in [3.63, 3.8) is 0 Å². The molecule has 0 fully saturated rings. The SMILES string of the molecule is Cc1cc(-n2ccc(C(C)C)n2)c(CO)cn1. The third kappa shape index (κ3) is 2.36. The van der Waals surface area contributed by atoms with Crippen LogP contribution in [0.2, 0.25) is 0 Å². The molecular weight excluding hydrogens is 214 g/mol. The summed E-state index contributed by atoms with van der Waals surface area (Å²) in [6.45, 7) is 6.12. The van der Waals surface area contributed by atoms with E-state index in [1.807, 2.05) is 25.3 Å². The van der Waals surface area contributed by atoms with Crippen LogP contribution in [0.4, 0.5) is 0 Å². The maximum absolute atomic E-state index is 9.31. The number of aromatic nitrogens is 3. The Morgan fingerprint density at radius 3 is 2.76 bits per heavy atom. The highest BCUT2D eigenvalue weighted by molar-refractivity contribution is 5.39. The molecule has 0 aliphatic carbocycles. The summed E-state index contributed by atoms with van der Waals surface area (Å²) in [6.07, 6.45) is 3.62. The number of aliphatic hydroxyl groups excluding tert-OH is 1. The van der Waals surface area contributed by atoms with Crippen molar-refractivity contribution in [1.82, 2.24) is 14.8 Å². The van der Waals surface area contributed by atoms with Gasteiger partial charge >= 0.3 is 0 Å². The first kappa shape index (κ1) is 11.8. The van der Waals surface area contributed by atoms with Crippen molar-refractivity contribution in [1.29, 1.82) is 0 Å². The molecule has 0 spiro atoms. The number of rotatable bonds is 3. The molecule has 0 bridgehead atoms. The summed E-state index contributed by atoms with van der Waals surface area (Å²) in [5, 5.41) is 13.8. The van der Waals surface area contributed by atoms with Gasteiger partial charge in [-0.25, -0.2) is 4.68 Å². The predicted molar refractivity (Wildman–Crippen MR) is 66.1 cm³/mol. The Bertz CT molecular complexity index is 517. The molecule has 2 heterocycles. The summed E-state index contributed by atoms with van der Waals surface area (Å²) in [6, 6.07) is 3.93. The first-order valence-corrected chi connectivity index (χ1v) is 5.74. The van der Waals surface area contributed by atoms with Crippen molar-refractivity contribution in [3.05, 3.63) is 41.5 Å². The fraction of sp³-hybridized carbons (Fsp3) is 0.385. The number of hydrogen-bond donors (Lipinski definition) is 1. The first-order chi connectivity index (χ1) is 8.11. The fourth-order valence-corrected chi connectivity index (χ4v) is 1.69. The molecule has 2 aromatic rings. The van der Waals surface area contributed by atoms with Gasteiger partial charge in [0.25, 0.3) is 0 Å². The summed E-state index contributed by atoms with van der Waals surface area (Å²) in [7, 11) is 0. The minimum absolute atomic E-state index is 0.0283. The minimum atomic E-state index is -0.0283.